The van der Waals surface area contributed by atoms with Gasteiger partial charge in [0.1, 0.15) is 6.61 Å². The van der Waals surface area contributed by atoms with Crippen LogP contribution in [0.4, 0.5) is 4.79 Å². The average Bonchev–Trinajstić information content (AvgIpc) is 3.00. The van der Waals surface area contributed by atoms with E-state index in [-0.39, 0.29) is 12.5 Å². The molecule has 138 valence electrons. The molecule has 4 rings (SSSR count). The van der Waals surface area contributed by atoms with E-state index in [1.807, 2.05) is 36.4 Å². The van der Waals surface area contributed by atoms with Crippen LogP contribution in [0, 0.1) is 5.92 Å². The Morgan fingerprint density at radius 1 is 0.963 bits per heavy atom. The van der Waals surface area contributed by atoms with Crippen molar-refractivity contribution in [2.75, 3.05) is 6.61 Å². The third-order valence-electron chi connectivity index (χ3n) is 5.40. The Bertz CT molecular complexity index is 859. The number of carbonyl (C=O) groups is 2. The number of carboxylic acid groups (broad SMARTS) is 1. The molecule has 1 amide bonds. The second-order valence-electron chi connectivity index (χ2n) is 6.96. The summed E-state index contributed by atoms with van der Waals surface area (Å²) >= 11 is 0. The van der Waals surface area contributed by atoms with Crippen molar-refractivity contribution in [3.05, 3.63) is 71.8 Å². The standard InChI is InChI=1S/C22H21NO4/c24-21(25)18-11-5-6-12-20(18)23-22(26)27-13-19-16-9-3-1-7-14(16)15-8-2-4-10-17(15)19/h1-10,18-20H,11-13H2,(H,23,26)(H,24,25). The number of rotatable bonds is 4. The van der Waals surface area contributed by atoms with Crippen LogP contribution in [0.5, 0.6) is 0 Å². The van der Waals surface area contributed by atoms with Crippen LogP contribution < -0.4 is 5.32 Å². The molecule has 0 aliphatic heterocycles. The number of benzene rings is 2. The fraction of sp³-hybridized carbons (Fsp3) is 0.273. The second kappa shape index (κ2) is 7.27. The highest BCUT2D eigenvalue weighted by Gasteiger charge is 2.32. The first-order valence-electron chi connectivity index (χ1n) is 9.14. The first kappa shape index (κ1) is 17.3. The largest absolute Gasteiger partial charge is 0.481 e. The van der Waals surface area contributed by atoms with Crippen LogP contribution in [0.3, 0.4) is 0 Å². The van der Waals surface area contributed by atoms with E-state index >= 15 is 0 Å². The van der Waals surface area contributed by atoms with E-state index in [0.717, 1.165) is 11.1 Å². The van der Waals surface area contributed by atoms with Gasteiger partial charge >= 0.3 is 12.1 Å². The van der Waals surface area contributed by atoms with Gasteiger partial charge in [-0.05, 0) is 35.1 Å². The summed E-state index contributed by atoms with van der Waals surface area (Å²) in [5.41, 5.74) is 4.64. The molecule has 0 aromatic heterocycles. The average molecular weight is 363 g/mol. The Morgan fingerprint density at radius 3 is 2.19 bits per heavy atom. The molecule has 2 aromatic carbocycles. The summed E-state index contributed by atoms with van der Waals surface area (Å²) in [6.07, 6.45) is 4.09. The van der Waals surface area contributed by atoms with Gasteiger partial charge in [0.05, 0.1) is 5.92 Å². The molecule has 0 heterocycles. The van der Waals surface area contributed by atoms with Gasteiger partial charge in [0.2, 0.25) is 0 Å². The van der Waals surface area contributed by atoms with Gasteiger partial charge in [0.15, 0.2) is 0 Å². The lowest BCUT2D eigenvalue weighted by Crippen LogP contribution is -2.44. The van der Waals surface area contributed by atoms with Gasteiger partial charge in [0.25, 0.3) is 0 Å². The van der Waals surface area contributed by atoms with Crippen LogP contribution in [-0.4, -0.2) is 29.8 Å². The van der Waals surface area contributed by atoms with E-state index in [2.05, 4.69) is 29.6 Å². The lowest BCUT2D eigenvalue weighted by molar-refractivity contribution is -0.142. The van der Waals surface area contributed by atoms with E-state index in [1.54, 1.807) is 0 Å². The number of fused-ring (bicyclic) bond motifs is 3. The minimum absolute atomic E-state index is 0.00956. The first-order chi connectivity index (χ1) is 13.1. The SMILES string of the molecule is O=C(NC1CC=CCC1C(=O)O)OCC1c2ccccc2-c2ccccc21. The molecule has 0 saturated heterocycles. The highest BCUT2D eigenvalue weighted by molar-refractivity contribution is 5.79. The third kappa shape index (κ3) is 3.33. The third-order valence-corrected chi connectivity index (χ3v) is 5.40. The van der Waals surface area contributed by atoms with Crippen molar-refractivity contribution in [2.45, 2.75) is 24.8 Å². The fourth-order valence-electron chi connectivity index (χ4n) is 4.04. The van der Waals surface area contributed by atoms with E-state index in [9.17, 15) is 14.7 Å². The van der Waals surface area contributed by atoms with Crippen LogP contribution in [0.15, 0.2) is 60.7 Å². The monoisotopic (exact) mass is 363 g/mol. The molecule has 27 heavy (non-hydrogen) atoms. The Hall–Kier alpha value is -3.08. The maximum atomic E-state index is 12.3. The molecular weight excluding hydrogens is 342 g/mol. The summed E-state index contributed by atoms with van der Waals surface area (Å²) in [6, 6.07) is 15.8. The molecule has 2 unspecified atom stereocenters. The molecule has 2 aliphatic carbocycles. The topological polar surface area (TPSA) is 75.6 Å². The maximum absolute atomic E-state index is 12.3. The van der Waals surface area contributed by atoms with Gasteiger partial charge in [-0.3, -0.25) is 4.79 Å². The lowest BCUT2D eigenvalue weighted by Gasteiger charge is -2.26. The number of allylic oxidation sites excluding steroid dienone is 1. The minimum Gasteiger partial charge on any atom is -0.481 e. The molecule has 5 heteroatoms. The highest BCUT2D eigenvalue weighted by atomic mass is 16.5. The number of hydrogen-bond acceptors (Lipinski definition) is 3. The summed E-state index contributed by atoms with van der Waals surface area (Å²) < 4.78 is 5.50. The Morgan fingerprint density at radius 2 is 1.56 bits per heavy atom. The number of aliphatic carboxylic acids is 1. The number of alkyl carbamates (subject to hydrolysis) is 1. The molecule has 2 aromatic rings. The smallest absolute Gasteiger partial charge is 0.407 e. The molecule has 2 N–H and O–H groups in total. The van der Waals surface area contributed by atoms with Crippen molar-refractivity contribution in [3.8, 4) is 11.1 Å². The number of hydrogen-bond donors (Lipinski definition) is 2. The Kier molecular flexibility index (Phi) is 4.67. The zero-order chi connectivity index (χ0) is 18.8. The quantitative estimate of drug-likeness (QED) is 0.807. The first-order valence-corrected chi connectivity index (χ1v) is 9.14. The van der Waals surface area contributed by atoms with Gasteiger partial charge in [-0.15, -0.1) is 0 Å². The number of amides is 1. The summed E-state index contributed by atoms with van der Waals surface area (Å²) in [6.45, 7) is 0.222. The van der Waals surface area contributed by atoms with Crippen molar-refractivity contribution >= 4 is 12.1 Å². The molecule has 0 fully saturated rings. The predicted molar refractivity (Wildman–Crippen MR) is 101 cm³/mol. The molecule has 0 saturated carbocycles. The van der Waals surface area contributed by atoms with Crippen LogP contribution in [0.2, 0.25) is 0 Å². The van der Waals surface area contributed by atoms with Gasteiger partial charge in [-0.2, -0.15) is 0 Å². The molecule has 0 spiro atoms. The summed E-state index contributed by atoms with van der Waals surface area (Å²) in [4.78, 5) is 23.7. The van der Waals surface area contributed by atoms with E-state index in [4.69, 9.17) is 4.74 Å². The zero-order valence-electron chi connectivity index (χ0n) is 14.8. The maximum Gasteiger partial charge on any atom is 0.407 e. The Labute approximate surface area is 157 Å². The second-order valence-corrected chi connectivity index (χ2v) is 6.96. The summed E-state index contributed by atoms with van der Waals surface area (Å²) in [5.74, 6) is -1.52. The van der Waals surface area contributed by atoms with Gasteiger partial charge in [0, 0.05) is 12.0 Å². The predicted octanol–water partition coefficient (Wildman–Crippen LogP) is 3.94. The minimum atomic E-state index is -0.900. The highest BCUT2D eigenvalue weighted by Crippen LogP contribution is 2.44. The summed E-state index contributed by atoms with van der Waals surface area (Å²) in [5, 5.41) is 12.0. The number of carboxylic acids is 1. The number of ether oxygens (including phenoxy) is 1. The van der Waals surface area contributed by atoms with Crippen molar-refractivity contribution in [3.63, 3.8) is 0 Å². The van der Waals surface area contributed by atoms with Gasteiger partial charge < -0.3 is 15.2 Å². The van der Waals surface area contributed by atoms with Gasteiger partial charge in [-0.25, -0.2) is 4.79 Å². The number of nitrogens with one attached hydrogen (secondary N) is 1. The van der Waals surface area contributed by atoms with Crippen molar-refractivity contribution in [2.24, 2.45) is 5.92 Å². The fourth-order valence-corrected chi connectivity index (χ4v) is 4.04. The molecular formula is C22H21NO4. The normalized spacial score (nSPS) is 20.6. The van der Waals surface area contributed by atoms with Crippen LogP contribution in [0.1, 0.15) is 29.9 Å². The lowest BCUT2D eigenvalue weighted by atomic mass is 9.89. The van der Waals surface area contributed by atoms with Crippen LogP contribution >= 0.6 is 0 Å². The molecule has 2 aliphatic rings. The van der Waals surface area contributed by atoms with Crippen molar-refractivity contribution in [1.29, 1.82) is 0 Å². The number of carbonyl (C=O) groups excluding carboxylic acids is 1. The molecule has 0 radical (unpaired) electrons. The van der Waals surface area contributed by atoms with Crippen LogP contribution in [-0.2, 0) is 9.53 Å². The van der Waals surface area contributed by atoms with E-state index in [0.29, 0.717) is 12.8 Å². The molecule has 5 nitrogen and oxygen atoms in total. The zero-order valence-corrected chi connectivity index (χ0v) is 14.8. The van der Waals surface area contributed by atoms with Gasteiger partial charge in [-0.1, -0.05) is 60.7 Å². The van der Waals surface area contributed by atoms with E-state index < -0.39 is 24.0 Å². The van der Waals surface area contributed by atoms with Crippen molar-refractivity contribution < 1.29 is 19.4 Å². The molecule has 2 atom stereocenters. The van der Waals surface area contributed by atoms with E-state index in [1.165, 1.54) is 11.1 Å². The Balaban J connectivity index is 1.45. The molecule has 0 bridgehead atoms. The summed E-state index contributed by atoms with van der Waals surface area (Å²) in [7, 11) is 0. The van der Waals surface area contributed by atoms with Crippen molar-refractivity contribution in [1.82, 2.24) is 5.32 Å². The van der Waals surface area contributed by atoms with Crippen LogP contribution in [0.25, 0.3) is 11.1 Å².